The Balaban J connectivity index is 1.53. The van der Waals surface area contributed by atoms with E-state index in [-0.39, 0.29) is 17.9 Å². The molecule has 1 N–H and O–H groups in total. The number of aryl methyl sites for hydroxylation is 2. The van der Waals surface area contributed by atoms with Crippen LogP contribution in [0, 0.1) is 12.7 Å². The van der Waals surface area contributed by atoms with Crippen molar-refractivity contribution in [2.45, 2.75) is 52.1 Å². The molecule has 0 spiro atoms. The first-order chi connectivity index (χ1) is 14.0. The fraction of sp³-hybridized carbons (Fsp3) is 0.348. The molecular weight excluding hydrogens is 385 g/mol. The Labute approximate surface area is 174 Å². The average molecular weight is 410 g/mol. The summed E-state index contributed by atoms with van der Waals surface area (Å²) >= 11 is 1.88. The molecule has 0 unspecified atom stereocenters. The first-order valence-electron chi connectivity index (χ1n) is 10.2. The van der Waals surface area contributed by atoms with Crippen molar-refractivity contribution in [2.75, 3.05) is 5.32 Å². The highest BCUT2D eigenvalue weighted by Crippen LogP contribution is 2.42. The van der Waals surface area contributed by atoms with Crippen molar-refractivity contribution in [1.29, 1.82) is 0 Å². The van der Waals surface area contributed by atoms with E-state index in [9.17, 15) is 9.18 Å². The summed E-state index contributed by atoms with van der Waals surface area (Å²) in [6, 6.07) is 8.68. The lowest BCUT2D eigenvalue weighted by molar-refractivity contribution is 0.189. The van der Waals surface area contributed by atoms with Gasteiger partial charge in [0, 0.05) is 28.0 Å². The Kier molecular flexibility index (Phi) is 4.46. The Hall–Kier alpha value is -2.60. The van der Waals surface area contributed by atoms with Crippen LogP contribution < -0.4 is 5.32 Å². The first-order valence-corrected chi connectivity index (χ1v) is 11.0. The van der Waals surface area contributed by atoms with Crippen molar-refractivity contribution in [1.82, 2.24) is 9.47 Å². The minimum Gasteiger partial charge on any atom is -0.312 e. The molecule has 1 aromatic carbocycles. The van der Waals surface area contributed by atoms with Crippen LogP contribution in [0.4, 0.5) is 14.9 Å². The number of carbonyl (C=O) groups is 1. The zero-order valence-electron chi connectivity index (χ0n) is 16.7. The van der Waals surface area contributed by atoms with Crippen LogP contribution in [0.15, 0.2) is 36.5 Å². The number of amides is 2. The smallest absolute Gasteiger partial charge is 0.312 e. The molecule has 0 saturated heterocycles. The summed E-state index contributed by atoms with van der Waals surface area (Å²) < 4.78 is 16.2. The maximum atomic E-state index is 13.9. The molecule has 29 heavy (non-hydrogen) atoms. The normalized spacial score (nSPS) is 17.9. The van der Waals surface area contributed by atoms with Gasteiger partial charge >= 0.3 is 6.03 Å². The van der Waals surface area contributed by atoms with Crippen molar-refractivity contribution < 1.29 is 9.18 Å². The number of halogens is 1. The summed E-state index contributed by atoms with van der Waals surface area (Å²) in [5.41, 5.74) is 4.87. The number of thiophene rings is 1. The van der Waals surface area contributed by atoms with Gasteiger partial charge in [-0.05, 0) is 74.9 Å². The van der Waals surface area contributed by atoms with E-state index in [1.54, 1.807) is 19.1 Å². The lowest BCUT2D eigenvalue weighted by Crippen LogP contribution is -2.36. The minimum absolute atomic E-state index is 0.0841. The lowest BCUT2D eigenvalue weighted by Gasteiger charge is -2.28. The van der Waals surface area contributed by atoms with Crippen LogP contribution >= 0.6 is 11.3 Å². The van der Waals surface area contributed by atoms with Crippen molar-refractivity contribution in [3.8, 4) is 5.00 Å². The highest BCUT2D eigenvalue weighted by atomic mass is 32.1. The third-order valence-electron chi connectivity index (χ3n) is 6.17. The number of carbonyl (C=O) groups excluding carboxylic acids is 1. The van der Waals surface area contributed by atoms with Crippen LogP contribution in [0.25, 0.3) is 5.00 Å². The molecule has 3 aromatic rings. The summed E-state index contributed by atoms with van der Waals surface area (Å²) in [6.07, 6.45) is 6.77. The topological polar surface area (TPSA) is 37.3 Å². The minimum atomic E-state index is -0.310. The third kappa shape index (κ3) is 3.06. The number of benzene rings is 1. The highest BCUT2D eigenvalue weighted by molar-refractivity contribution is 7.15. The number of hydrogen-bond acceptors (Lipinski definition) is 2. The zero-order chi connectivity index (χ0) is 20.1. The van der Waals surface area contributed by atoms with E-state index in [1.165, 1.54) is 39.9 Å². The predicted octanol–water partition coefficient (Wildman–Crippen LogP) is 5.97. The van der Waals surface area contributed by atoms with Gasteiger partial charge in [-0.3, -0.25) is 0 Å². The van der Waals surface area contributed by atoms with Gasteiger partial charge in [-0.1, -0.05) is 6.07 Å². The molecule has 4 nitrogen and oxygen atoms in total. The largest absolute Gasteiger partial charge is 0.322 e. The van der Waals surface area contributed by atoms with Crippen LogP contribution in [0.2, 0.25) is 0 Å². The summed E-state index contributed by atoms with van der Waals surface area (Å²) in [7, 11) is 0. The van der Waals surface area contributed by atoms with Gasteiger partial charge in [-0.25, -0.2) is 9.18 Å². The molecule has 2 aliphatic rings. The summed E-state index contributed by atoms with van der Waals surface area (Å²) in [6.45, 7) is 4.35. The van der Waals surface area contributed by atoms with Crippen LogP contribution in [0.3, 0.4) is 0 Å². The monoisotopic (exact) mass is 409 g/mol. The Morgan fingerprint density at radius 1 is 1.21 bits per heavy atom. The second-order valence-electron chi connectivity index (χ2n) is 8.00. The number of nitrogens with zero attached hydrogens (tertiary/aromatic N) is 2. The van der Waals surface area contributed by atoms with E-state index in [2.05, 4.69) is 29.1 Å². The third-order valence-corrected chi connectivity index (χ3v) is 7.50. The van der Waals surface area contributed by atoms with Crippen molar-refractivity contribution >= 4 is 23.1 Å². The van der Waals surface area contributed by atoms with Gasteiger partial charge in [0.1, 0.15) is 10.8 Å². The Morgan fingerprint density at radius 3 is 2.86 bits per heavy atom. The molecule has 1 aliphatic heterocycles. The van der Waals surface area contributed by atoms with Crippen LogP contribution in [-0.4, -0.2) is 15.5 Å². The summed E-state index contributed by atoms with van der Waals surface area (Å²) in [4.78, 5) is 16.6. The van der Waals surface area contributed by atoms with Crippen molar-refractivity contribution in [2.24, 2.45) is 0 Å². The first kappa shape index (κ1) is 18.4. The molecule has 3 heterocycles. The molecular formula is C23H24FN3OS. The number of aromatic nitrogens is 1. The lowest BCUT2D eigenvalue weighted by atomic mass is 9.95. The van der Waals surface area contributed by atoms with Crippen LogP contribution in [-0.2, 0) is 19.4 Å². The molecule has 6 heteroatoms. The van der Waals surface area contributed by atoms with E-state index in [1.807, 2.05) is 22.3 Å². The number of fused-ring (bicyclic) bond motifs is 5. The second kappa shape index (κ2) is 7.02. The second-order valence-corrected chi connectivity index (χ2v) is 9.08. The zero-order valence-corrected chi connectivity index (χ0v) is 17.5. The SMILES string of the molecule is Cc1ccc(NC(=O)N2Cc3c(sc4c3CCCC4)-n3cccc3[C@H]2C)cc1F. The summed E-state index contributed by atoms with van der Waals surface area (Å²) in [5, 5.41) is 4.16. The quantitative estimate of drug-likeness (QED) is 0.528. The van der Waals surface area contributed by atoms with E-state index < -0.39 is 0 Å². The Morgan fingerprint density at radius 2 is 2.03 bits per heavy atom. The molecule has 0 fully saturated rings. The molecule has 2 amide bonds. The number of urea groups is 1. The molecule has 0 saturated carbocycles. The average Bonchev–Trinajstić information content (AvgIpc) is 3.30. The number of rotatable bonds is 1. The highest BCUT2D eigenvalue weighted by Gasteiger charge is 2.33. The van der Waals surface area contributed by atoms with Crippen molar-refractivity contribution in [3.63, 3.8) is 0 Å². The van der Waals surface area contributed by atoms with Gasteiger partial charge in [0.15, 0.2) is 0 Å². The van der Waals surface area contributed by atoms with Gasteiger partial charge in [-0.2, -0.15) is 0 Å². The summed E-state index contributed by atoms with van der Waals surface area (Å²) in [5.74, 6) is -0.310. The van der Waals surface area contributed by atoms with Crippen LogP contribution in [0.1, 0.15) is 53.1 Å². The number of nitrogens with one attached hydrogen (secondary N) is 1. The van der Waals surface area contributed by atoms with E-state index in [0.717, 1.165) is 18.5 Å². The molecule has 1 aliphatic carbocycles. The van der Waals surface area contributed by atoms with Gasteiger partial charge < -0.3 is 14.8 Å². The van der Waals surface area contributed by atoms with Gasteiger partial charge in [0.2, 0.25) is 0 Å². The van der Waals surface area contributed by atoms with Crippen molar-refractivity contribution in [3.05, 3.63) is 69.6 Å². The Bertz CT molecular complexity index is 1100. The van der Waals surface area contributed by atoms with E-state index >= 15 is 0 Å². The standard InChI is InChI=1S/C23H24FN3OS/c1-14-9-10-16(12-19(14)24)25-23(28)27-13-18-17-6-3-4-8-21(17)29-22(18)26-11-5-7-20(26)15(27)2/h5,7,9-12,15H,3-4,6,8,13H2,1-2H3,(H,25,28)/t15-/m1/s1. The fourth-order valence-electron chi connectivity index (χ4n) is 4.47. The number of hydrogen-bond donors (Lipinski definition) is 1. The molecule has 2 aromatic heterocycles. The molecule has 1 atom stereocenters. The molecule has 0 radical (unpaired) electrons. The molecule has 5 rings (SSSR count). The van der Waals surface area contributed by atoms with E-state index in [4.69, 9.17) is 0 Å². The molecule has 0 bridgehead atoms. The maximum absolute atomic E-state index is 13.9. The van der Waals surface area contributed by atoms with Crippen LogP contribution in [0.5, 0.6) is 0 Å². The predicted molar refractivity (Wildman–Crippen MR) is 114 cm³/mol. The van der Waals surface area contributed by atoms with E-state index in [0.29, 0.717) is 17.8 Å². The molecule has 150 valence electrons. The van der Waals surface area contributed by atoms with Gasteiger partial charge in [0.25, 0.3) is 0 Å². The maximum Gasteiger partial charge on any atom is 0.322 e. The van der Waals surface area contributed by atoms with Gasteiger partial charge in [-0.15, -0.1) is 11.3 Å². The number of anilines is 1. The van der Waals surface area contributed by atoms with Gasteiger partial charge in [0.05, 0.1) is 12.6 Å². The fourth-order valence-corrected chi connectivity index (χ4v) is 5.88.